The van der Waals surface area contributed by atoms with Crippen LogP contribution in [0.2, 0.25) is 0 Å². The predicted molar refractivity (Wildman–Crippen MR) is 86.7 cm³/mol. The first-order valence-corrected chi connectivity index (χ1v) is 8.32. The Kier molecular flexibility index (Phi) is 6.55. The first-order valence-electron chi connectivity index (χ1n) is 8.32. The molecule has 2 rings (SSSR count). The van der Waals surface area contributed by atoms with Gasteiger partial charge in [0.05, 0.1) is 0 Å². The highest BCUT2D eigenvalue weighted by molar-refractivity contribution is 5.22. The van der Waals surface area contributed by atoms with Crippen molar-refractivity contribution in [1.82, 2.24) is 5.32 Å². The largest absolute Gasteiger partial charge is 0.328 e. The fraction of sp³-hybridized carbons (Fsp3) is 0.667. The molecule has 0 heterocycles. The van der Waals surface area contributed by atoms with E-state index in [4.69, 9.17) is 5.73 Å². The normalized spacial score (nSPS) is 22.9. The molecular formula is C18H30N2. The Morgan fingerprint density at radius 1 is 1.05 bits per heavy atom. The minimum absolute atomic E-state index is 0.460. The summed E-state index contributed by atoms with van der Waals surface area (Å²) in [5, 5.41) is 3.61. The Morgan fingerprint density at radius 2 is 1.70 bits per heavy atom. The number of unbranched alkanes of at least 4 members (excludes halogenated alkanes) is 1. The summed E-state index contributed by atoms with van der Waals surface area (Å²) < 4.78 is 0. The zero-order chi connectivity index (χ0) is 14.2. The first-order chi connectivity index (χ1) is 9.78. The maximum absolute atomic E-state index is 5.95. The quantitative estimate of drug-likeness (QED) is 0.796. The van der Waals surface area contributed by atoms with Crippen LogP contribution in [0, 0.1) is 5.92 Å². The molecule has 0 radical (unpaired) electrons. The molecule has 0 saturated heterocycles. The molecule has 0 aromatic heterocycles. The van der Waals surface area contributed by atoms with Gasteiger partial charge < -0.3 is 11.1 Å². The third kappa shape index (κ3) is 5.26. The van der Waals surface area contributed by atoms with Crippen molar-refractivity contribution in [2.24, 2.45) is 11.7 Å². The first kappa shape index (κ1) is 15.5. The van der Waals surface area contributed by atoms with Crippen LogP contribution in [0.25, 0.3) is 0 Å². The van der Waals surface area contributed by atoms with Crippen molar-refractivity contribution in [2.75, 3.05) is 6.54 Å². The Labute approximate surface area is 124 Å². The number of nitrogens with one attached hydrogen (secondary N) is 1. The maximum Gasteiger partial charge on any atom is 0.0205 e. The van der Waals surface area contributed by atoms with Crippen LogP contribution >= 0.6 is 0 Å². The monoisotopic (exact) mass is 274 g/mol. The summed E-state index contributed by atoms with van der Waals surface area (Å²) in [5.74, 6) is 0.832. The van der Waals surface area contributed by atoms with Gasteiger partial charge in [0.2, 0.25) is 0 Å². The van der Waals surface area contributed by atoms with E-state index in [2.05, 4.69) is 36.5 Å². The van der Waals surface area contributed by atoms with Gasteiger partial charge in [-0.2, -0.15) is 0 Å². The van der Waals surface area contributed by atoms with Crippen LogP contribution in [0.15, 0.2) is 24.3 Å². The second kappa shape index (κ2) is 8.43. The molecule has 3 N–H and O–H groups in total. The summed E-state index contributed by atoms with van der Waals surface area (Å²) in [6, 6.07) is 9.57. The Morgan fingerprint density at radius 3 is 2.35 bits per heavy atom. The van der Waals surface area contributed by atoms with E-state index < -0.39 is 0 Å². The summed E-state index contributed by atoms with van der Waals surface area (Å²) in [6.45, 7) is 4.39. The number of hydrogen-bond acceptors (Lipinski definition) is 2. The molecule has 20 heavy (non-hydrogen) atoms. The van der Waals surface area contributed by atoms with Crippen LogP contribution in [0.4, 0.5) is 0 Å². The molecule has 1 aliphatic rings. The van der Waals surface area contributed by atoms with Crippen LogP contribution in [0.1, 0.15) is 56.6 Å². The molecule has 2 heteroatoms. The molecule has 1 aromatic carbocycles. The smallest absolute Gasteiger partial charge is 0.0205 e. The van der Waals surface area contributed by atoms with Crippen molar-refractivity contribution in [3.05, 3.63) is 35.4 Å². The lowest BCUT2D eigenvalue weighted by molar-refractivity contribution is 0.314. The molecular weight excluding hydrogens is 244 g/mol. The highest BCUT2D eigenvalue weighted by atomic mass is 14.9. The average Bonchev–Trinajstić information content (AvgIpc) is 2.48. The van der Waals surface area contributed by atoms with Crippen LogP contribution in [-0.4, -0.2) is 12.6 Å². The lowest BCUT2D eigenvalue weighted by atomic mass is 9.86. The van der Waals surface area contributed by atoms with E-state index in [0.29, 0.717) is 6.04 Å². The SMILES string of the molecule is CCCCc1ccc(CNCC2CCC(N)CC2)cc1. The van der Waals surface area contributed by atoms with Crippen LogP contribution < -0.4 is 11.1 Å². The van der Waals surface area contributed by atoms with Gasteiger partial charge in [-0.1, -0.05) is 37.6 Å². The Hall–Kier alpha value is -0.860. The summed E-state index contributed by atoms with van der Waals surface area (Å²) in [6.07, 6.45) is 8.79. The minimum atomic E-state index is 0.460. The van der Waals surface area contributed by atoms with E-state index >= 15 is 0 Å². The Bertz CT molecular complexity index is 364. The molecule has 0 aliphatic heterocycles. The summed E-state index contributed by atoms with van der Waals surface area (Å²) in [5.41, 5.74) is 8.82. The highest BCUT2D eigenvalue weighted by Crippen LogP contribution is 2.22. The minimum Gasteiger partial charge on any atom is -0.328 e. The molecule has 1 fully saturated rings. The van der Waals surface area contributed by atoms with Gasteiger partial charge in [0.1, 0.15) is 0 Å². The van der Waals surface area contributed by atoms with Gasteiger partial charge in [-0.05, 0) is 62.1 Å². The van der Waals surface area contributed by atoms with Gasteiger partial charge in [-0.15, -0.1) is 0 Å². The van der Waals surface area contributed by atoms with E-state index in [1.54, 1.807) is 0 Å². The van der Waals surface area contributed by atoms with Gasteiger partial charge in [0, 0.05) is 12.6 Å². The number of hydrogen-bond donors (Lipinski definition) is 2. The zero-order valence-electron chi connectivity index (χ0n) is 12.9. The van der Waals surface area contributed by atoms with E-state index in [0.717, 1.165) is 19.0 Å². The van der Waals surface area contributed by atoms with E-state index in [9.17, 15) is 0 Å². The van der Waals surface area contributed by atoms with Crippen molar-refractivity contribution >= 4 is 0 Å². The van der Waals surface area contributed by atoms with Crippen molar-refractivity contribution in [3.63, 3.8) is 0 Å². The number of aryl methyl sites for hydroxylation is 1. The Balaban J connectivity index is 1.66. The summed E-state index contributed by atoms with van der Waals surface area (Å²) >= 11 is 0. The number of nitrogens with two attached hydrogens (primary N) is 1. The van der Waals surface area contributed by atoms with Crippen molar-refractivity contribution in [2.45, 2.75) is 64.5 Å². The molecule has 1 aliphatic carbocycles. The van der Waals surface area contributed by atoms with Gasteiger partial charge in [0.25, 0.3) is 0 Å². The molecule has 0 spiro atoms. The lowest BCUT2D eigenvalue weighted by Gasteiger charge is -2.26. The van der Waals surface area contributed by atoms with Crippen LogP contribution in [0.3, 0.4) is 0 Å². The fourth-order valence-corrected chi connectivity index (χ4v) is 3.02. The average molecular weight is 274 g/mol. The second-order valence-corrected chi connectivity index (χ2v) is 6.33. The van der Waals surface area contributed by atoms with Gasteiger partial charge >= 0.3 is 0 Å². The molecule has 112 valence electrons. The standard InChI is InChI=1S/C18H30N2/c1-2-3-4-15-5-7-16(8-6-15)13-20-14-17-9-11-18(19)12-10-17/h5-8,17-18,20H,2-4,9-14,19H2,1H3. The van der Waals surface area contributed by atoms with E-state index in [1.165, 1.54) is 56.1 Å². The van der Waals surface area contributed by atoms with Crippen molar-refractivity contribution in [1.29, 1.82) is 0 Å². The number of rotatable bonds is 7. The van der Waals surface area contributed by atoms with Crippen molar-refractivity contribution < 1.29 is 0 Å². The van der Waals surface area contributed by atoms with Gasteiger partial charge in [0.15, 0.2) is 0 Å². The predicted octanol–water partition coefficient (Wildman–Crippen LogP) is 3.64. The van der Waals surface area contributed by atoms with Gasteiger partial charge in [-0.3, -0.25) is 0 Å². The molecule has 2 nitrogen and oxygen atoms in total. The highest BCUT2D eigenvalue weighted by Gasteiger charge is 2.17. The van der Waals surface area contributed by atoms with Crippen molar-refractivity contribution in [3.8, 4) is 0 Å². The fourth-order valence-electron chi connectivity index (χ4n) is 3.02. The molecule has 1 saturated carbocycles. The second-order valence-electron chi connectivity index (χ2n) is 6.33. The summed E-state index contributed by atoms with van der Waals surface area (Å²) in [7, 11) is 0. The van der Waals surface area contributed by atoms with Crippen LogP contribution in [-0.2, 0) is 13.0 Å². The number of benzene rings is 1. The summed E-state index contributed by atoms with van der Waals surface area (Å²) in [4.78, 5) is 0. The molecule has 0 amide bonds. The topological polar surface area (TPSA) is 38.0 Å². The zero-order valence-corrected chi connectivity index (χ0v) is 12.9. The van der Waals surface area contributed by atoms with E-state index in [-0.39, 0.29) is 0 Å². The molecule has 0 bridgehead atoms. The molecule has 0 atom stereocenters. The third-order valence-electron chi connectivity index (χ3n) is 4.50. The molecule has 0 unspecified atom stereocenters. The molecule has 1 aromatic rings. The van der Waals surface area contributed by atoms with Crippen LogP contribution in [0.5, 0.6) is 0 Å². The third-order valence-corrected chi connectivity index (χ3v) is 4.50. The van der Waals surface area contributed by atoms with E-state index in [1.807, 2.05) is 0 Å². The lowest BCUT2D eigenvalue weighted by Crippen LogP contribution is -2.31. The maximum atomic E-state index is 5.95. The van der Waals surface area contributed by atoms with Gasteiger partial charge in [-0.25, -0.2) is 0 Å².